The third-order valence-corrected chi connectivity index (χ3v) is 7.13. The second kappa shape index (κ2) is 9.40. The quantitative estimate of drug-likeness (QED) is 0.568. The van der Waals surface area contributed by atoms with Gasteiger partial charge in [-0.25, -0.2) is 22.8 Å². The standard InChI is InChI=1S/C23H26FN5O3S/c1-3-20-22(23(27-14-26-20)29-10-8-18(30)9-11-29)16-12-21(15(2)25-13-16)28-33(31,32)19-6-4-17(24)5-7-19/h4-7,12-14,18,28,30H,3,8-11H2,1-2H3. The molecule has 0 unspecified atom stereocenters. The summed E-state index contributed by atoms with van der Waals surface area (Å²) in [7, 11) is -3.93. The predicted octanol–water partition coefficient (Wildman–Crippen LogP) is 3.31. The van der Waals surface area contributed by atoms with Crippen LogP contribution in [0.1, 0.15) is 31.2 Å². The number of benzene rings is 1. The Balaban J connectivity index is 1.74. The van der Waals surface area contributed by atoms with E-state index in [0.717, 1.165) is 29.2 Å². The lowest BCUT2D eigenvalue weighted by molar-refractivity contribution is 0.145. The molecule has 0 amide bonds. The molecule has 1 aliphatic rings. The van der Waals surface area contributed by atoms with E-state index in [0.29, 0.717) is 49.3 Å². The van der Waals surface area contributed by atoms with E-state index in [-0.39, 0.29) is 11.0 Å². The monoisotopic (exact) mass is 471 g/mol. The molecule has 174 valence electrons. The number of pyridine rings is 1. The highest BCUT2D eigenvalue weighted by Gasteiger charge is 2.24. The van der Waals surface area contributed by atoms with Gasteiger partial charge in [0, 0.05) is 30.4 Å². The summed E-state index contributed by atoms with van der Waals surface area (Å²) in [6.45, 7) is 5.03. The Bertz CT molecular complexity index is 1240. The molecule has 3 heterocycles. The van der Waals surface area contributed by atoms with Crippen LogP contribution in [-0.2, 0) is 16.4 Å². The molecular weight excluding hydrogens is 445 g/mol. The molecule has 0 bridgehead atoms. The van der Waals surface area contributed by atoms with Gasteiger partial charge in [-0.2, -0.15) is 0 Å². The van der Waals surface area contributed by atoms with Gasteiger partial charge in [0.1, 0.15) is 18.0 Å². The zero-order valence-electron chi connectivity index (χ0n) is 18.5. The molecule has 1 aromatic carbocycles. The van der Waals surface area contributed by atoms with Gasteiger partial charge in [-0.3, -0.25) is 9.71 Å². The number of rotatable bonds is 6. The first kappa shape index (κ1) is 23.1. The van der Waals surface area contributed by atoms with Crippen molar-refractivity contribution in [2.75, 3.05) is 22.7 Å². The molecule has 1 aliphatic heterocycles. The SMILES string of the molecule is CCc1ncnc(N2CCC(O)CC2)c1-c1cnc(C)c(NS(=O)(=O)c2ccc(F)cc2)c1. The number of sulfonamides is 1. The second-order valence-corrected chi connectivity index (χ2v) is 9.69. The highest BCUT2D eigenvalue weighted by molar-refractivity contribution is 7.92. The fraction of sp³-hybridized carbons (Fsp3) is 0.348. The van der Waals surface area contributed by atoms with Crippen LogP contribution in [0.3, 0.4) is 0 Å². The van der Waals surface area contributed by atoms with Gasteiger partial charge < -0.3 is 10.0 Å². The summed E-state index contributed by atoms with van der Waals surface area (Å²) >= 11 is 0. The van der Waals surface area contributed by atoms with Crippen molar-refractivity contribution in [3.8, 4) is 11.1 Å². The normalized spacial score (nSPS) is 15.0. The number of nitrogens with one attached hydrogen (secondary N) is 1. The van der Waals surface area contributed by atoms with Crippen molar-refractivity contribution >= 4 is 21.5 Å². The number of aliphatic hydroxyl groups excluding tert-OH is 1. The molecule has 0 spiro atoms. The molecule has 1 fully saturated rings. The van der Waals surface area contributed by atoms with Gasteiger partial charge in [-0.05, 0) is 56.5 Å². The lowest BCUT2D eigenvalue weighted by Gasteiger charge is -2.32. The maximum absolute atomic E-state index is 13.2. The summed E-state index contributed by atoms with van der Waals surface area (Å²) in [5.41, 5.74) is 3.14. The lowest BCUT2D eigenvalue weighted by atomic mass is 10.0. The van der Waals surface area contributed by atoms with Crippen molar-refractivity contribution < 1.29 is 17.9 Å². The number of halogens is 1. The number of aromatic nitrogens is 3. The summed E-state index contributed by atoms with van der Waals surface area (Å²) in [5.74, 6) is 0.231. The fourth-order valence-corrected chi connectivity index (χ4v) is 4.99. The number of aliphatic hydroxyl groups is 1. The average Bonchev–Trinajstić information content (AvgIpc) is 2.81. The van der Waals surface area contributed by atoms with E-state index in [2.05, 4.69) is 24.6 Å². The van der Waals surface area contributed by atoms with Crippen molar-refractivity contribution in [3.63, 3.8) is 0 Å². The van der Waals surface area contributed by atoms with Crippen molar-refractivity contribution in [1.82, 2.24) is 15.0 Å². The fourth-order valence-electron chi connectivity index (χ4n) is 3.88. The maximum Gasteiger partial charge on any atom is 0.261 e. The summed E-state index contributed by atoms with van der Waals surface area (Å²) in [4.78, 5) is 15.5. The summed E-state index contributed by atoms with van der Waals surface area (Å²) in [6.07, 6.45) is 4.87. The first-order valence-corrected chi connectivity index (χ1v) is 12.3. The number of anilines is 2. The molecule has 0 radical (unpaired) electrons. The first-order valence-electron chi connectivity index (χ1n) is 10.8. The van der Waals surface area contributed by atoms with Crippen LogP contribution in [0.2, 0.25) is 0 Å². The van der Waals surface area contributed by atoms with Crippen molar-refractivity contribution in [3.05, 3.63) is 60.1 Å². The zero-order chi connectivity index (χ0) is 23.6. The third kappa shape index (κ3) is 4.96. The molecule has 0 saturated carbocycles. The van der Waals surface area contributed by atoms with Gasteiger partial charge in [0.2, 0.25) is 0 Å². The van der Waals surface area contributed by atoms with Gasteiger partial charge in [0.05, 0.1) is 28.1 Å². The van der Waals surface area contributed by atoms with Crippen LogP contribution in [0.25, 0.3) is 11.1 Å². The van der Waals surface area contributed by atoms with E-state index < -0.39 is 15.8 Å². The predicted molar refractivity (Wildman–Crippen MR) is 124 cm³/mol. The van der Waals surface area contributed by atoms with Crippen LogP contribution in [0.15, 0.2) is 47.8 Å². The van der Waals surface area contributed by atoms with Crippen molar-refractivity contribution in [2.45, 2.75) is 44.1 Å². The van der Waals surface area contributed by atoms with Gasteiger partial charge >= 0.3 is 0 Å². The molecule has 4 rings (SSSR count). The number of aryl methyl sites for hydroxylation is 2. The molecule has 1 saturated heterocycles. The van der Waals surface area contributed by atoms with E-state index in [4.69, 9.17) is 0 Å². The number of piperidine rings is 1. The number of hydrogen-bond acceptors (Lipinski definition) is 7. The van der Waals surface area contributed by atoms with Crippen molar-refractivity contribution in [1.29, 1.82) is 0 Å². The van der Waals surface area contributed by atoms with Gasteiger partial charge in [-0.15, -0.1) is 0 Å². The Morgan fingerprint density at radius 1 is 1.15 bits per heavy atom. The smallest absolute Gasteiger partial charge is 0.261 e. The third-order valence-electron chi connectivity index (χ3n) is 5.75. The van der Waals surface area contributed by atoms with E-state index in [1.807, 2.05) is 6.92 Å². The van der Waals surface area contributed by atoms with Crippen LogP contribution < -0.4 is 9.62 Å². The Morgan fingerprint density at radius 3 is 2.52 bits per heavy atom. The molecule has 33 heavy (non-hydrogen) atoms. The molecule has 0 aliphatic carbocycles. The number of nitrogens with zero attached hydrogens (tertiary/aromatic N) is 4. The van der Waals surface area contributed by atoms with Gasteiger partial charge in [0.25, 0.3) is 10.0 Å². The van der Waals surface area contributed by atoms with E-state index in [9.17, 15) is 17.9 Å². The molecule has 3 aromatic rings. The largest absolute Gasteiger partial charge is 0.393 e. The lowest BCUT2D eigenvalue weighted by Crippen LogP contribution is -2.36. The Kier molecular flexibility index (Phi) is 6.57. The summed E-state index contributed by atoms with van der Waals surface area (Å²) in [5, 5.41) is 9.89. The van der Waals surface area contributed by atoms with Gasteiger partial charge in [-0.1, -0.05) is 6.92 Å². The van der Waals surface area contributed by atoms with Gasteiger partial charge in [0.15, 0.2) is 0 Å². The number of hydrogen-bond donors (Lipinski definition) is 2. The molecule has 2 N–H and O–H groups in total. The van der Waals surface area contributed by atoms with E-state index in [1.54, 1.807) is 19.2 Å². The minimum Gasteiger partial charge on any atom is -0.393 e. The Hall–Kier alpha value is -3.11. The minimum atomic E-state index is -3.93. The highest BCUT2D eigenvalue weighted by atomic mass is 32.2. The molecule has 2 aromatic heterocycles. The van der Waals surface area contributed by atoms with Crippen LogP contribution in [0, 0.1) is 12.7 Å². The summed E-state index contributed by atoms with van der Waals surface area (Å²) in [6, 6.07) is 6.36. The zero-order valence-corrected chi connectivity index (χ0v) is 19.3. The topological polar surface area (TPSA) is 108 Å². The summed E-state index contributed by atoms with van der Waals surface area (Å²) < 4.78 is 41.5. The molecule has 8 nitrogen and oxygen atoms in total. The Labute approximate surface area is 192 Å². The molecule has 10 heteroatoms. The highest BCUT2D eigenvalue weighted by Crippen LogP contribution is 2.35. The van der Waals surface area contributed by atoms with Crippen LogP contribution in [-0.4, -0.2) is 47.7 Å². The van der Waals surface area contributed by atoms with Crippen molar-refractivity contribution in [2.24, 2.45) is 0 Å². The second-order valence-electron chi connectivity index (χ2n) is 8.01. The van der Waals surface area contributed by atoms with Crippen LogP contribution in [0.4, 0.5) is 15.9 Å². The van der Waals surface area contributed by atoms with Crippen LogP contribution >= 0.6 is 0 Å². The maximum atomic E-state index is 13.2. The van der Waals surface area contributed by atoms with E-state index >= 15 is 0 Å². The minimum absolute atomic E-state index is 0.0430. The molecular formula is C23H26FN5O3S. The Morgan fingerprint density at radius 2 is 1.85 bits per heavy atom. The molecule has 0 atom stereocenters. The van der Waals surface area contributed by atoms with Crippen LogP contribution in [0.5, 0.6) is 0 Å². The van der Waals surface area contributed by atoms with E-state index in [1.165, 1.54) is 18.5 Å². The first-order chi connectivity index (χ1) is 15.8. The average molecular weight is 472 g/mol.